The van der Waals surface area contributed by atoms with Crippen LogP contribution in [0, 0.1) is 0 Å². The van der Waals surface area contributed by atoms with Crippen molar-refractivity contribution in [2.45, 2.75) is 58.2 Å². The number of aromatic nitrogens is 3. The monoisotopic (exact) mass is 382 g/mol. The normalized spacial score (nSPS) is 18.0. The number of hydrogen-bond donors (Lipinski definition) is 1. The molecular formula is C21H30N6O. The van der Waals surface area contributed by atoms with Crippen molar-refractivity contribution in [2.75, 3.05) is 19.6 Å². The molecule has 1 saturated heterocycles. The second kappa shape index (κ2) is 9.08. The van der Waals surface area contributed by atoms with Gasteiger partial charge in [-0.3, -0.25) is 0 Å². The van der Waals surface area contributed by atoms with Gasteiger partial charge in [0.15, 0.2) is 11.8 Å². The second-order valence-corrected chi connectivity index (χ2v) is 7.43. The predicted octanol–water partition coefficient (Wildman–Crippen LogP) is 2.62. The lowest BCUT2D eigenvalue weighted by molar-refractivity contribution is 0.129. The van der Waals surface area contributed by atoms with Gasteiger partial charge in [-0.2, -0.15) is 0 Å². The van der Waals surface area contributed by atoms with Gasteiger partial charge in [-0.1, -0.05) is 18.2 Å². The van der Waals surface area contributed by atoms with Gasteiger partial charge < -0.3 is 19.5 Å². The van der Waals surface area contributed by atoms with Crippen LogP contribution >= 0.6 is 0 Å². The Labute approximate surface area is 166 Å². The molecule has 0 amide bonds. The number of rotatable bonds is 5. The highest BCUT2D eigenvalue weighted by Gasteiger charge is 2.23. The van der Waals surface area contributed by atoms with E-state index in [1.54, 1.807) is 0 Å². The van der Waals surface area contributed by atoms with Gasteiger partial charge in [0.2, 0.25) is 0 Å². The summed E-state index contributed by atoms with van der Waals surface area (Å²) in [5, 5.41) is 12.1. The summed E-state index contributed by atoms with van der Waals surface area (Å²) >= 11 is 0. The van der Waals surface area contributed by atoms with Crippen LogP contribution in [-0.4, -0.2) is 51.4 Å². The molecule has 2 aliphatic heterocycles. The zero-order chi connectivity index (χ0) is 19.2. The largest absolute Gasteiger partial charge is 0.490 e. The number of fused-ring (bicyclic) bond motifs is 1. The number of para-hydroxylation sites is 1. The SMILES string of the molecule is CCNC(=NCc1nnc2n1CCCC2)N1CCC(Oc2ccccc2)CC1. The number of ether oxygens (including phenoxy) is 1. The second-order valence-electron chi connectivity index (χ2n) is 7.43. The third-order valence-corrected chi connectivity index (χ3v) is 5.43. The molecule has 0 aliphatic carbocycles. The van der Waals surface area contributed by atoms with Gasteiger partial charge in [-0.05, 0) is 31.9 Å². The van der Waals surface area contributed by atoms with Gasteiger partial charge in [-0.25, -0.2) is 4.99 Å². The van der Waals surface area contributed by atoms with E-state index >= 15 is 0 Å². The van der Waals surface area contributed by atoms with Gasteiger partial charge in [0.1, 0.15) is 24.2 Å². The minimum absolute atomic E-state index is 0.269. The van der Waals surface area contributed by atoms with Crippen molar-refractivity contribution in [3.8, 4) is 5.75 Å². The van der Waals surface area contributed by atoms with Crippen molar-refractivity contribution in [3.63, 3.8) is 0 Å². The lowest BCUT2D eigenvalue weighted by Crippen LogP contribution is -2.47. The van der Waals surface area contributed by atoms with E-state index in [2.05, 4.69) is 31.9 Å². The van der Waals surface area contributed by atoms with Crippen LogP contribution in [0.5, 0.6) is 5.75 Å². The number of hydrogen-bond acceptors (Lipinski definition) is 4. The van der Waals surface area contributed by atoms with Crippen LogP contribution in [0.15, 0.2) is 35.3 Å². The molecule has 7 heteroatoms. The fourth-order valence-corrected chi connectivity index (χ4v) is 3.93. The topological polar surface area (TPSA) is 67.6 Å². The first-order chi connectivity index (χ1) is 13.8. The Hall–Kier alpha value is -2.57. The highest BCUT2D eigenvalue weighted by Crippen LogP contribution is 2.19. The molecule has 0 saturated carbocycles. The fraction of sp³-hybridized carbons (Fsp3) is 0.571. The van der Waals surface area contributed by atoms with Crippen LogP contribution in [0.1, 0.15) is 44.3 Å². The Morgan fingerprint density at radius 2 is 1.96 bits per heavy atom. The molecule has 0 spiro atoms. The highest BCUT2D eigenvalue weighted by atomic mass is 16.5. The van der Waals surface area contributed by atoms with E-state index in [0.717, 1.165) is 68.8 Å². The molecule has 1 aromatic carbocycles. The van der Waals surface area contributed by atoms with E-state index in [1.807, 2.05) is 30.3 Å². The Balaban J connectivity index is 1.36. The van der Waals surface area contributed by atoms with Crippen LogP contribution in [0.3, 0.4) is 0 Å². The Bertz CT molecular complexity index is 779. The van der Waals surface area contributed by atoms with Gasteiger partial charge in [0, 0.05) is 45.4 Å². The number of benzene rings is 1. The maximum Gasteiger partial charge on any atom is 0.194 e. The Morgan fingerprint density at radius 3 is 2.75 bits per heavy atom. The zero-order valence-corrected chi connectivity index (χ0v) is 16.7. The highest BCUT2D eigenvalue weighted by molar-refractivity contribution is 5.80. The van der Waals surface area contributed by atoms with Gasteiger partial charge in [0.05, 0.1) is 0 Å². The summed E-state index contributed by atoms with van der Waals surface area (Å²) in [6.45, 7) is 6.46. The number of nitrogens with zero attached hydrogens (tertiary/aromatic N) is 5. The van der Waals surface area contributed by atoms with Crippen molar-refractivity contribution in [1.29, 1.82) is 0 Å². The van der Waals surface area contributed by atoms with Crippen LogP contribution in [-0.2, 0) is 19.5 Å². The average molecular weight is 383 g/mol. The van der Waals surface area contributed by atoms with Crippen molar-refractivity contribution >= 4 is 5.96 Å². The number of likely N-dealkylation sites (tertiary alicyclic amines) is 1. The fourth-order valence-electron chi connectivity index (χ4n) is 3.93. The number of aliphatic imine (C=N–C) groups is 1. The molecule has 7 nitrogen and oxygen atoms in total. The zero-order valence-electron chi connectivity index (χ0n) is 16.7. The van der Waals surface area contributed by atoms with Gasteiger partial charge >= 0.3 is 0 Å². The minimum atomic E-state index is 0.269. The number of aryl methyl sites for hydroxylation is 1. The molecule has 0 bridgehead atoms. The van der Waals surface area contributed by atoms with Crippen LogP contribution < -0.4 is 10.1 Å². The van der Waals surface area contributed by atoms with E-state index in [0.29, 0.717) is 6.54 Å². The van der Waals surface area contributed by atoms with Crippen molar-refractivity contribution in [3.05, 3.63) is 42.0 Å². The molecule has 1 fully saturated rings. The molecule has 1 aromatic heterocycles. The van der Waals surface area contributed by atoms with Crippen LogP contribution in [0.4, 0.5) is 0 Å². The first kappa shape index (κ1) is 18.8. The predicted molar refractivity (Wildman–Crippen MR) is 109 cm³/mol. The first-order valence-corrected chi connectivity index (χ1v) is 10.5. The van der Waals surface area contributed by atoms with Crippen molar-refractivity contribution in [1.82, 2.24) is 25.0 Å². The molecule has 2 aliphatic rings. The quantitative estimate of drug-likeness (QED) is 0.636. The Kier molecular flexibility index (Phi) is 6.09. The molecule has 150 valence electrons. The lowest BCUT2D eigenvalue weighted by atomic mass is 10.1. The third kappa shape index (κ3) is 4.46. The van der Waals surface area contributed by atoms with Crippen molar-refractivity contribution in [2.24, 2.45) is 4.99 Å². The summed E-state index contributed by atoms with van der Waals surface area (Å²) < 4.78 is 8.36. The molecule has 0 unspecified atom stereocenters. The van der Waals surface area contributed by atoms with Gasteiger partial charge in [0.25, 0.3) is 0 Å². The smallest absolute Gasteiger partial charge is 0.194 e. The maximum atomic E-state index is 6.12. The summed E-state index contributed by atoms with van der Waals surface area (Å²) in [5.41, 5.74) is 0. The standard InChI is InChI=1S/C21H30N6O/c1-2-22-21(23-16-20-25-24-19-10-6-7-13-27(19)20)26-14-11-18(12-15-26)28-17-8-4-3-5-9-17/h3-5,8-9,18H,2,6-7,10-16H2,1H3,(H,22,23). The summed E-state index contributed by atoms with van der Waals surface area (Å²) in [5.74, 6) is 4.01. The maximum absolute atomic E-state index is 6.12. The molecule has 3 heterocycles. The first-order valence-electron chi connectivity index (χ1n) is 10.5. The molecule has 4 rings (SSSR count). The Morgan fingerprint density at radius 1 is 1.14 bits per heavy atom. The average Bonchev–Trinajstić information content (AvgIpc) is 3.16. The van der Waals surface area contributed by atoms with Gasteiger partial charge in [-0.15, -0.1) is 10.2 Å². The summed E-state index contributed by atoms with van der Waals surface area (Å²) in [6, 6.07) is 10.1. The van der Waals surface area contributed by atoms with E-state index in [4.69, 9.17) is 9.73 Å². The van der Waals surface area contributed by atoms with Crippen molar-refractivity contribution < 1.29 is 4.74 Å². The van der Waals surface area contributed by atoms with E-state index in [1.165, 1.54) is 12.8 Å². The molecular weight excluding hydrogens is 352 g/mol. The third-order valence-electron chi connectivity index (χ3n) is 5.43. The molecule has 1 N–H and O–H groups in total. The number of guanidine groups is 1. The van der Waals surface area contributed by atoms with Crippen LogP contribution in [0.2, 0.25) is 0 Å². The molecule has 0 radical (unpaired) electrons. The van der Waals surface area contributed by atoms with E-state index in [-0.39, 0.29) is 6.10 Å². The van der Waals surface area contributed by atoms with E-state index < -0.39 is 0 Å². The molecule has 2 aromatic rings. The summed E-state index contributed by atoms with van der Waals surface area (Å²) in [7, 11) is 0. The summed E-state index contributed by atoms with van der Waals surface area (Å²) in [6.07, 6.45) is 5.72. The van der Waals surface area contributed by atoms with Crippen LogP contribution in [0.25, 0.3) is 0 Å². The number of nitrogens with one attached hydrogen (secondary N) is 1. The van der Waals surface area contributed by atoms with E-state index in [9.17, 15) is 0 Å². The number of piperidine rings is 1. The molecule has 0 atom stereocenters. The minimum Gasteiger partial charge on any atom is -0.490 e. The lowest BCUT2D eigenvalue weighted by Gasteiger charge is -2.34. The summed E-state index contributed by atoms with van der Waals surface area (Å²) in [4.78, 5) is 7.20. The molecule has 28 heavy (non-hydrogen) atoms.